The highest BCUT2D eigenvalue weighted by atomic mass is 16.5. The van der Waals surface area contributed by atoms with Gasteiger partial charge in [0.05, 0.1) is 11.4 Å². The summed E-state index contributed by atoms with van der Waals surface area (Å²) in [4.78, 5) is 10.3. The van der Waals surface area contributed by atoms with Crippen LogP contribution < -0.4 is 4.74 Å². The lowest BCUT2D eigenvalue weighted by Gasteiger charge is -2.23. The molecule has 0 saturated heterocycles. The van der Waals surface area contributed by atoms with Crippen LogP contribution in [0.15, 0.2) is 182 Å². The molecule has 0 bridgehead atoms. The van der Waals surface area contributed by atoms with Crippen LogP contribution in [0.5, 0.6) is 5.75 Å². The zero-order valence-corrected chi connectivity index (χ0v) is 27.3. The lowest BCUT2D eigenvalue weighted by atomic mass is 9.89. The van der Waals surface area contributed by atoms with Gasteiger partial charge in [-0.2, -0.15) is 0 Å². The number of ether oxygens (including phenoxy) is 1. The largest absolute Gasteiger partial charge is 0.488 e. The number of hydrogen-bond acceptors (Lipinski definition) is 3. The Morgan fingerprint density at radius 3 is 1.42 bits per heavy atom. The van der Waals surface area contributed by atoms with Gasteiger partial charge in [-0.1, -0.05) is 170 Å². The molecule has 0 unspecified atom stereocenters. The molecule has 50 heavy (non-hydrogen) atoms. The summed E-state index contributed by atoms with van der Waals surface area (Å²) in [5.41, 5.74) is 15.5. The maximum atomic E-state index is 6.05. The predicted molar refractivity (Wildman–Crippen MR) is 204 cm³/mol. The van der Waals surface area contributed by atoms with Crippen LogP contribution in [0.3, 0.4) is 0 Å². The van der Waals surface area contributed by atoms with Crippen molar-refractivity contribution in [1.29, 1.82) is 0 Å². The summed E-state index contributed by atoms with van der Waals surface area (Å²) in [7, 11) is 0. The fraction of sp³-hybridized carbons (Fsp3) is 0.0213. The molecule has 8 aromatic rings. The molecule has 0 N–H and O–H groups in total. The molecule has 0 aliphatic carbocycles. The summed E-state index contributed by atoms with van der Waals surface area (Å²) < 4.78 is 6.05. The van der Waals surface area contributed by atoms with E-state index in [1.807, 2.05) is 24.3 Å². The summed E-state index contributed by atoms with van der Waals surface area (Å²) in [6, 6.07) is 63.7. The van der Waals surface area contributed by atoms with E-state index >= 15 is 0 Å². The number of para-hydroxylation sites is 1. The average molecular weight is 641 g/mol. The van der Waals surface area contributed by atoms with Crippen molar-refractivity contribution in [3.05, 3.63) is 188 Å². The maximum absolute atomic E-state index is 6.05. The molecular formula is C47H32N2O. The van der Waals surface area contributed by atoms with Crippen molar-refractivity contribution in [3.63, 3.8) is 0 Å². The standard InChI is InChI=1S/C47H32N2O/c1-3-10-32(11-4-1)34-18-24-37(25-19-34)43-30-44(38-26-20-35(21-27-38)33-12-5-2-6-13-33)49-47(48-43)39-28-22-36(23-29-39)41-16-9-14-40-31-50-45-17-8-7-15-42(45)46(40)41/h1-30H,31H2. The first-order valence-electron chi connectivity index (χ1n) is 16.9. The van der Waals surface area contributed by atoms with Gasteiger partial charge in [0, 0.05) is 22.3 Å². The Kier molecular flexibility index (Phi) is 7.56. The number of fused-ring (bicyclic) bond motifs is 3. The predicted octanol–water partition coefficient (Wildman–Crippen LogP) is 12.0. The van der Waals surface area contributed by atoms with Gasteiger partial charge in [0.2, 0.25) is 0 Å². The Morgan fingerprint density at radius 2 is 0.820 bits per heavy atom. The maximum Gasteiger partial charge on any atom is 0.160 e. The quantitative estimate of drug-likeness (QED) is 0.181. The van der Waals surface area contributed by atoms with Crippen LogP contribution in [-0.2, 0) is 6.61 Å². The third-order valence-electron chi connectivity index (χ3n) is 9.45. The van der Waals surface area contributed by atoms with Gasteiger partial charge in [0.25, 0.3) is 0 Å². The minimum atomic E-state index is 0.570. The van der Waals surface area contributed by atoms with Gasteiger partial charge in [-0.3, -0.25) is 0 Å². The van der Waals surface area contributed by atoms with E-state index in [0.29, 0.717) is 12.4 Å². The Labute approximate surface area is 292 Å². The van der Waals surface area contributed by atoms with E-state index in [1.54, 1.807) is 0 Å². The van der Waals surface area contributed by atoms with Crippen molar-refractivity contribution in [3.8, 4) is 84.2 Å². The Morgan fingerprint density at radius 1 is 0.360 bits per heavy atom. The highest BCUT2D eigenvalue weighted by Gasteiger charge is 2.21. The summed E-state index contributed by atoms with van der Waals surface area (Å²) in [5, 5.41) is 0. The van der Waals surface area contributed by atoms with E-state index < -0.39 is 0 Å². The Hall–Kier alpha value is -6.58. The second-order valence-electron chi connectivity index (χ2n) is 12.6. The van der Waals surface area contributed by atoms with Gasteiger partial charge in [-0.05, 0) is 56.6 Å². The van der Waals surface area contributed by atoms with Crippen LogP contribution in [0.25, 0.3) is 78.4 Å². The zero-order valence-electron chi connectivity index (χ0n) is 27.3. The zero-order chi connectivity index (χ0) is 33.3. The molecule has 0 radical (unpaired) electrons. The van der Waals surface area contributed by atoms with E-state index in [1.165, 1.54) is 38.9 Å². The highest BCUT2D eigenvalue weighted by Crippen LogP contribution is 2.43. The highest BCUT2D eigenvalue weighted by molar-refractivity contribution is 5.89. The SMILES string of the molecule is c1ccc(-c2ccc(-c3cc(-c4ccc(-c5ccccc5)cc4)nc(-c4ccc(-c5cccc6c5-c5ccccc5OC6)cc4)n3)cc2)cc1. The summed E-state index contributed by atoms with van der Waals surface area (Å²) in [5.74, 6) is 1.62. The molecule has 236 valence electrons. The average Bonchev–Trinajstić information content (AvgIpc) is 3.21. The first-order valence-corrected chi connectivity index (χ1v) is 16.9. The fourth-order valence-corrected chi connectivity index (χ4v) is 6.83. The molecular weight excluding hydrogens is 609 g/mol. The van der Waals surface area contributed by atoms with Crippen molar-refractivity contribution in [2.75, 3.05) is 0 Å². The third kappa shape index (κ3) is 5.65. The van der Waals surface area contributed by atoms with E-state index in [2.05, 4.69) is 158 Å². The van der Waals surface area contributed by atoms with Crippen LogP contribution in [0.2, 0.25) is 0 Å². The number of rotatable bonds is 6. The Bertz CT molecular complexity index is 2330. The van der Waals surface area contributed by atoms with Crippen molar-refractivity contribution in [2.24, 2.45) is 0 Å². The molecule has 2 heterocycles. The van der Waals surface area contributed by atoms with Gasteiger partial charge in [-0.25, -0.2) is 9.97 Å². The molecule has 0 fully saturated rings. The van der Waals surface area contributed by atoms with Crippen molar-refractivity contribution in [1.82, 2.24) is 9.97 Å². The van der Waals surface area contributed by atoms with Crippen molar-refractivity contribution in [2.45, 2.75) is 6.61 Å². The van der Waals surface area contributed by atoms with Gasteiger partial charge in [-0.15, -0.1) is 0 Å². The van der Waals surface area contributed by atoms with E-state index in [4.69, 9.17) is 14.7 Å². The molecule has 0 atom stereocenters. The molecule has 0 spiro atoms. The summed E-state index contributed by atoms with van der Waals surface area (Å²) in [6.07, 6.45) is 0. The molecule has 3 heteroatoms. The number of nitrogens with zero attached hydrogens (tertiary/aromatic N) is 2. The van der Waals surface area contributed by atoms with Crippen molar-refractivity contribution >= 4 is 0 Å². The lowest BCUT2D eigenvalue weighted by molar-refractivity contribution is 0.302. The van der Waals surface area contributed by atoms with E-state index in [-0.39, 0.29) is 0 Å². The van der Waals surface area contributed by atoms with Gasteiger partial charge in [0.15, 0.2) is 5.82 Å². The minimum Gasteiger partial charge on any atom is -0.488 e. The van der Waals surface area contributed by atoms with Crippen molar-refractivity contribution < 1.29 is 4.74 Å². The number of aromatic nitrogens is 2. The molecule has 1 aromatic heterocycles. The third-order valence-corrected chi connectivity index (χ3v) is 9.45. The molecule has 3 nitrogen and oxygen atoms in total. The minimum absolute atomic E-state index is 0.570. The van der Waals surface area contributed by atoms with Gasteiger partial charge < -0.3 is 4.74 Å². The van der Waals surface area contributed by atoms with Crippen LogP contribution in [-0.4, -0.2) is 9.97 Å². The fourth-order valence-electron chi connectivity index (χ4n) is 6.83. The number of hydrogen-bond donors (Lipinski definition) is 0. The molecule has 1 aliphatic heterocycles. The van der Waals surface area contributed by atoms with E-state index in [0.717, 1.165) is 45.0 Å². The lowest BCUT2D eigenvalue weighted by Crippen LogP contribution is -2.06. The molecule has 7 aromatic carbocycles. The van der Waals surface area contributed by atoms with Gasteiger partial charge in [0.1, 0.15) is 12.4 Å². The molecule has 0 saturated carbocycles. The number of benzene rings is 7. The van der Waals surface area contributed by atoms with Crippen LogP contribution >= 0.6 is 0 Å². The first kappa shape index (κ1) is 29.6. The molecule has 1 aliphatic rings. The van der Waals surface area contributed by atoms with E-state index in [9.17, 15) is 0 Å². The second-order valence-corrected chi connectivity index (χ2v) is 12.6. The Balaban J connectivity index is 1.11. The smallest absolute Gasteiger partial charge is 0.160 e. The molecule has 0 amide bonds. The topological polar surface area (TPSA) is 35.0 Å². The van der Waals surface area contributed by atoms with Crippen LogP contribution in [0.4, 0.5) is 0 Å². The summed E-state index contributed by atoms with van der Waals surface area (Å²) in [6.45, 7) is 0.570. The normalized spacial score (nSPS) is 11.7. The van der Waals surface area contributed by atoms with Crippen LogP contribution in [0.1, 0.15) is 5.56 Å². The van der Waals surface area contributed by atoms with Crippen LogP contribution in [0, 0.1) is 0 Å². The second kappa shape index (κ2) is 12.8. The monoisotopic (exact) mass is 640 g/mol. The van der Waals surface area contributed by atoms with Gasteiger partial charge >= 0.3 is 0 Å². The molecule has 9 rings (SSSR count). The first-order chi connectivity index (χ1) is 24.8. The summed E-state index contributed by atoms with van der Waals surface area (Å²) >= 11 is 0.